The number of hydrogen-bond donors (Lipinski definition) is 0. The van der Waals surface area contributed by atoms with Crippen LogP contribution in [0.3, 0.4) is 0 Å². The van der Waals surface area contributed by atoms with Crippen LogP contribution in [-0.2, 0) is 18.3 Å². The van der Waals surface area contributed by atoms with E-state index in [-0.39, 0.29) is 5.41 Å². The van der Waals surface area contributed by atoms with Crippen molar-refractivity contribution in [2.75, 3.05) is 0 Å². The predicted octanol–water partition coefficient (Wildman–Crippen LogP) is 12.2. The molecular formula is C46H50N4O. The molecule has 0 atom stereocenters. The second kappa shape index (κ2) is 13.5. The number of hydrogen-bond acceptors (Lipinski definition) is 3. The van der Waals surface area contributed by atoms with E-state index in [1.807, 2.05) is 6.20 Å². The van der Waals surface area contributed by atoms with Crippen LogP contribution in [0.4, 0.5) is 0 Å². The van der Waals surface area contributed by atoms with Gasteiger partial charge in [-0.2, -0.15) is 5.10 Å². The Morgan fingerprint density at radius 1 is 0.745 bits per heavy atom. The summed E-state index contributed by atoms with van der Waals surface area (Å²) in [4.78, 5) is 4.84. The van der Waals surface area contributed by atoms with Crippen LogP contribution in [0.15, 0.2) is 97.2 Å². The smallest absolute Gasteiger partial charge is 0.137 e. The summed E-state index contributed by atoms with van der Waals surface area (Å²) >= 11 is 0. The van der Waals surface area contributed by atoms with E-state index < -0.39 is 0 Å². The largest absolute Gasteiger partial charge is 0.457 e. The van der Waals surface area contributed by atoms with Crippen molar-refractivity contribution in [1.29, 1.82) is 0 Å². The number of benzene rings is 4. The van der Waals surface area contributed by atoms with Gasteiger partial charge in [0.05, 0.1) is 28.1 Å². The SMILES string of the molecule is CCCc1ccnc(-n2c3ccccc3c3ccc(Oc4cc(-n5nc(C)c(-c6c(C)cccc6C)c5CC(C)C)cc(C(C)(C)C)c4)cc32)c1. The maximum atomic E-state index is 6.84. The highest BCUT2D eigenvalue weighted by molar-refractivity contribution is 6.09. The van der Waals surface area contributed by atoms with Crippen LogP contribution < -0.4 is 4.74 Å². The van der Waals surface area contributed by atoms with Crippen LogP contribution in [0.25, 0.3) is 44.4 Å². The van der Waals surface area contributed by atoms with Crippen molar-refractivity contribution in [3.8, 4) is 34.1 Å². The standard InChI is InChI=1S/C46H50N4O/c1-10-14-33-21-22-47-43(24-33)49-40-18-12-11-17-38(40)39-20-19-36(28-41(39)49)51-37-26-34(46(7,8)9)25-35(27-37)50-42(23-29(2)3)45(32(6)48-50)44-30(4)15-13-16-31(44)5/h11-13,15-22,24-29H,10,14,23H2,1-9H3. The zero-order valence-corrected chi connectivity index (χ0v) is 31.6. The highest BCUT2D eigenvalue weighted by atomic mass is 16.5. The Morgan fingerprint density at radius 3 is 2.22 bits per heavy atom. The van der Waals surface area contributed by atoms with E-state index in [4.69, 9.17) is 14.8 Å². The Labute approximate surface area is 302 Å². The Kier molecular flexibility index (Phi) is 9.09. The molecule has 51 heavy (non-hydrogen) atoms. The van der Waals surface area contributed by atoms with E-state index >= 15 is 0 Å². The summed E-state index contributed by atoms with van der Waals surface area (Å²) in [5.41, 5.74) is 13.0. The third-order valence-electron chi connectivity index (χ3n) is 9.95. The minimum Gasteiger partial charge on any atom is -0.457 e. The molecule has 0 N–H and O–H groups in total. The summed E-state index contributed by atoms with van der Waals surface area (Å²) in [7, 11) is 0. The molecule has 0 aliphatic carbocycles. The zero-order chi connectivity index (χ0) is 36.0. The fourth-order valence-electron chi connectivity index (χ4n) is 7.52. The van der Waals surface area contributed by atoms with Gasteiger partial charge < -0.3 is 4.74 Å². The van der Waals surface area contributed by atoms with Crippen LogP contribution in [0.2, 0.25) is 0 Å². The van der Waals surface area contributed by atoms with E-state index in [9.17, 15) is 0 Å². The molecule has 5 heteroatoms. The first-order chi connectivity index (χ1) is 24.4. The monoisotopic (exact) mass is 674 g/mol. The van der Waals surface area contributed by atoms with E-state index in [1.165, 1.54) is 49.8 Å². The lowest BCUT2D eigenvalue weighted by molar-refractivity contribution is 0.478. The predicted molar refractivity (Wildman–Crippen MR) is 213 cm³/mol. The molecule has 0 amide bonds. The Morgan fingerprint density at radius 2 is 1.49 bits per heavy atom. The maximum Gasteiger partial charge on any atom is 0.137 e. The normalized spacial score (nSPS) is 12.0. The van der Waals surface area contributed by atoms with E-state index in [0.29, 0.717) is 5.92 Å². The lowest BCUT2D eigenvalue weighted by Crippen LogP contribution is -2.13. The van der Waals surface area contributed by atoms with Crippen molar-refractivity contribution < 1.29 is 4.74 Å². The average Bonchev–Trinajstić information content (AvgIpc) is 3.58. The molecule has 0 spiro atoms. The summed E-state index contributed by atoms with van der Waals surface area (Å²) in [6, 6.07) is 32.5. The lowest BCUT2D eigenvalue weighted by Gasteiger charge is -2.22. The third-order valence-corrected chi connectivity index (χ3v) is 9.95. The molecule has 3 heterocycles. The van der Waals surface area contributed by atoms with Gasteiger partial charge in [-0.3, -0.25) is 4.57 Å². The van der Waals surface area contributed by atoms with Crippen molar-refractivity contribution in [3.05, 3.63) is 131 Å². The van der Waals surface area contributed by atoms with Gasteiger partial charge in [-0.05, 0) is 115 Å². The lowest BCUT2D eigenvalue weighted by atomic mass is 9.86. The minimum absolute atomic E-state index is 0.102. The van der Waals surface area contributed by atoms with Crippen LogP contribution >= 0.6 is 0 Å². The fraction of sp³-hybridized carbons (Fsp3) is 0.304. The molecule has 0 bridgehead atoms. The van der Waals surface area contributed by atoms with Gasteiger partial charge in [0.15, 0.2) is 0 Å². The number of fused-ring (bicyclic) bond motifs is 3. The second-order valence-electron chi connectivity index (χ2n) is 15.6. The summed E-state index contributed by atoms with van der Waals surface area (Å²) in [6.07, 6.45) is 4.95. The molecule has 0 fully saturated rings. The first kappa shape index (κ1) is 34.3. The number of rotatable bonds is 9. The first-order valence-electron chi connectivity index (χ1n) is 18.4. The molecule has 0 aliphatic rings. The Bertz CT molecular complexity index is 2360. The Hall–Kier alpha value is -5.16. The fourth-order valence-corrected chi connectivity index (χ4v) is 7.52. The van der Waals surface area contributed by atoms with Crippen LogP contribution in [0.1, 0.15) is 81.6 Å². The number of aryl methyl sites for hydroxylation is 4. The van der Waals surface area contributed by atoms with E-state index in [2.05, 4.69) is 163 Å². The number of ether oxygens (including phenoxy) is 1. The molecule has 3 aromatic heterocycles. The summed E-state index contributed by atoms with van der Waals surface area (Å²) in [5.74, 6) is 2.95. The van der Waals surface area contributed by atoms with Crippen molar-refractivity contribution in [3.63, 3.8) is 0 Å². The molecule has 4 aromatic carbocycles. The molecule has 5 nitrogen and oxygen atoms in total. The van der Waals surface area contributed by atoms with Crippen molar-refractivity contribution in [2.24, 2.45) is 5.92 Å². The van der Waals surface area contributed by atoms with Crippen LogP contribution in [0, 0.1) is 26.7 Å². The molecule has 0 unspecified atom stereocenters. The van der Waals surface area contributed by atoms with E-state index in [1.54, 1.807) is 0 Å². The van der Waals surface area contributed by atoms with Gasteiger partial charge >= 0.3 is 0 Å². The number of para-hydroxylation sites is 1. The van der Waals surface area contributed by atoms with Gasteiger partial charge in [0, 0.05) is 34.7 Å². The van der Waals surface area contributed by atoms with Gasteiger partial charge in [0.2, 0.25) is 0 Å². The molecule has 0 aliphatic heterocycles. The number of nitrogens with zero attached hydrogens (tertiary/aromatic N) is 4. The topological polar surface area (TPSA) is 44.9 Å². The minimum atomic E-state index is -0.102. The average molecular weight is 675 g/mol. The number of aromatic nitrogens is 4. The molecular weight excluding hydrogens is 625 g/mol. The van der Waals surface area contributed by atoms with Crippen molar-refractivity contribution >= 4 is 21.8 Å². The quantitative estimate of drug-likeness (QED) is 0.153. The number of pyridine rings is 1. The highest BCUT2D eigenvalue weighted by Gasteiger charge is 2.24. The van der Waals surface area contributed by atoms with Gasteiger partial charge in [-0.1, -0.05) is 84.4 Å². The summed E-state index contributed by atoms with van der Waals surface area (Å²) < 4.78 is 11.3. The summed E-state index contributed by atoms with van der Waals surface area (Å²) in [6.45, 7) is 20.1. The molecule has 7 aromatic rings. The second-order valence-corrected chi connectivity index (χ2v) is 15.6. The summed E-state index contributed by atoms with van der Waals surface area (Å²) in [5, 5.41) is 7.62. The molecule has 260 valence electrons. The van der Waals surface area contributed by atoms with E-state index in [0.717, 1.165) is 59.0 Å². The Balaban J connectivity index is 1.38. The van der Waals surface area contributed by atoms with Crippen molar-refractivity contribution in [2.45, 2.75) is 87.0 Å². The van der Waals surface area contributed by atoms with Gasteiger partial charge in [-0.15, -0.1) is 0 Å². The zero-order valence-electron chi connectivity index (χ0n) is 31.6. The van der Waals surface area contributed by atoms with Crippen LogP contribution in [-0.4, -0.2) is 19.3 Å². The first-order valence-corrected chi connectivity index (χ1v) is 18.4. The van der Waals surface area contributed by atoms with Crippen molar-refractivity contribution in [1.82, 2.24) is 19.3 Å². The van der Waals surface area contributed by atoms with Crippen LogP contribution in [0.5, 0.6) is 11.5 Å². The molecule has 0 saturated heterocycles. The highest BCUT2D eigenvalue weighted by Crippen LogP contribution is 2.39. The van der Waals surface area contributed by atoms with Gasteiger partial charge in [0.1, 0.15) is 17.3 Å². The molecule has 7 rings (SSSR count). The maximum absolute atomic E-state index is 6.84. The third kappa shape index (κ3) is 6.58. The van der Waals surface area contributed by atoms with Gasteiger partial charge in [-0.25, -0.2) is 9.67 Å². The molecule has 0 saturated carbocycles. The molecule has 0 radical (unpaired) electrons. The van der Waals surface area contributed by atoms with Gasteiger partial charge in [0.25, 0.3) is 0 Å².